The van der Waals surface area contributed by atoms with Crippen LogP contribution in [0.25, 0.3) is 0 Å². The molecule has 0 radical (unpaired) electrons. The van der Waals surface area contributed by atoms with Crippen molar-refractivity contribution in [3.8, 4) is 0 Å². The number of benzene rings is 2. The molecule has 0 N–H and O–H groups in total. The van der Waals surface area contributed by atoms with Crippen LogP contribution < -0.4 is 0 Å². The third kappa shape index (κ3) is 1.48. The molecule has 0 saturated carbocycles. The van der Waals surface area contributed by atoms with Crippen LogP contribution in [0.15, 0.2) is 59.8 Å². The van der Waals surface area contributed by atoms with Gasteiger partial charge in [0.05, 0.1) is 24.8 Å². The van der Waals surface area contributed by atoms with E-state index in [4.69, 9.17) is 14.3 Å². The minimum atomic E-state index is -1.24. The number of carbonyl (C=O) groups is 1. The van der Waals surface area contributed by atoms with Gasteiger partial charge in [-0.1, -0.05) is 59.8 Å². The first kappa shape index (κ1) is 13.7. The number of rotatable bonds is 2. The molecule has 0 unspecified atom stereocenters. The lowest BCUT2D eigenvalue weighted by atomic mass is 9.72. The van der Waals surface area contributed by atoms with Gasteiger partial charge in [-0.05, 0) is 11.1 Å². The van der Waals surface area contributed by atoms with Crippen molar-refractivity contribution in [2.24, 2.45) is 11.1 Å². The van der Waals surface area contributed by atoms with Gasteiger partial charge in [0, 0.05) is 5.56 Å². The van der Waals surface area contributed by atoms with Crippen LogP contribution in [0.1, 0.15) is 22.8 Å². The highest BCUT2D eigenvalue weighted by Crippen LogP contribution is 2.61. The van der Waals surface area contributed by atoms with Gasteiger partial charge in [0.2, 0.25) is 5.60 Å². The second kappa shape index (κ2) is 4.68. The fraction of sp³-hybridized carbons (Fsp3) is 0.263. The SMILES string of the molecule is COC(=O)[C@]12O[C@H](c3ccccc31)[C@H]1C(c3ccccc3)=NO[C@H]12. The zero-order chi connectivity index (χ0) is 16.3. The maximum Gasteiger partial charge on any atom is 0.347 e. The van der Waals surface area contributed by atoms with E-state index in [0.717, 1.165) is 22.4 Å². The topological polar surface area (TPSA) is 57.1 Å². The van der Waals surface area contributed by atoms with Gasteiger partial charge >= 0.3 is 5.97 Å². The Morgan fingerprint density at radius 1 is 1.12 bits per heavy atom. The lowest BCUT2D eigenvalue weighted by Crippen LogP contribution is -2.47. The second-order valence-corrected chi connectivity index (χ2v) is 6.25. The highest BCUT2D eigenvalue weighted by atomic mass is 16.7. The molecule has 5 nitrogen and oxygen atoms in total. The summed E-state index contributed by atoms with van der Waals surface area (Å²) < 4.78 is 11.3. The molecule has 2 bridgehead atoms. The number of fused-ring (bicyclic) bond motifs is 8. The van der Waals surface area contributed by atoms with Crippen LogP contribution in [0.4, 0.5) is 0 Å². The molecule has 3 aliphatic heterocycles. The molecular weight excluding hydrogens is 306 g/mol. The summed E-state index contributed by atoms with van der Waals surface area (Å²) in [7, 11) is 1.37. The molecule has 5 rings (SSSR count). The molecule has 5 heteroatoms. The average molecular weight is 321 g/mol. The number of carbonyl (C=O) groups excluding carboxylic acids is 1. The molecule has 1 saturated heterocycles. The highest BCUT2D eigenvalue weighted by Gasteiger charge is 2.71. The van der Waals surface area contributed by atoms with Crippen molar-refractivity contribution in [2.75, 3.05) is 7.11 Å². The van der Waals surface area contributed by atoms with Gasteiger partial charge in [-0.25, -0.2) is 4.79 Å². The van der Waals surface area contributed by atoms with Gasteiger partial charge in [0.1, 0.15) is 0 Å². The predicted octanol–water partition coefficient (Wildman–Crippen LogP) is 2.56. The molecule has 0 spiro atoms. The Kier molecular flexibility index (Phi) is 2.68. The predicted molar refractivity (Wildman–Crippen MR) is 85.3 cm³/mol. The first-order valence-electron chi connectivity index (χ1n) is 7.92. The van der Waals surface area contributed by atoms with Crippen LogP contribution >= 0.6 is 0 Å². The number of ether oxygens (including phenoxy) is 2. The van der Waals surface area contributed by atoms with Gasteiger partial charge in [-0.2, -0.15) is 0 Å². The van der Waals surface area contributed by atoms with E-state index in [2.05, 4.69) is 5.16 Å². The van der Waals surface area contributed by atoms with Crippen LogP contribution in [-0.2, 0) is 24.7 Å². The number of esters is 1. The van der Waals surface area contributed by atoms with Crippen molar-refractivity contribution < 1.29 is 19.1 Å². The summed E-state index contributed by atoms with van der Waals surface area (Å²) in [5, 5.41) is 4.30. The summed E-state index contributed by atoms with van der Waals surface area (Å²) >= 11 is 0. The van der Waals surface area contributed by atoms with Crippen LogP contribution in [0.3, 0.4) is 0 Å². The van der Waals surface area contributed by atoms with Crippen LogP contribution in [0.2, 0.25) is 0 Å². The minimum Gasteiger partial charge on any atom is -0.467 e. The molecule has 0 amide bonds. The summed E-state index contributed by atoms with van der Waals surface area (Å²) in [5.74, 6) is -0.559. The quantitative estimate of drug-likeness (QED) is 0.798. The molecule has 2 aromatic carbocycles. The summed E-state index contributed by atoms with van der Waals surface area (Å²) in [6, 6.07) is 17.6. The van der Waals surface area contributed by atoms with Crippen molar-refractivity contribution in [3.05, 3.63) is 71.3 Å². The van der Waals surface area contributed by atoms with Gasteiger partial charge in [-0.15, -0.1) is 0 Å². The van der Waals surface area contributed by atoms with E-state index < -0.39 is 17.7 Å². The molecule has 24 heavy (non-hydrogen) atoms. The number of nitrogens with zero attached hydrogens (tertiary/aromatic N) is 1. The third-order valence-corrected chi connectivity index (χ3v) is 5.17. The fourth-order valence-corrected chi connectivity index (χ4v) is 4.19. The van der Waals surface area contributed by atoms with Gasteiger partial charge < -0.3 is 14.3 Å². The molecule has 0 aromatic heterocycles. The molecule has 120 valence electrons. The van der Waals surface area contributed by atoms with Crippen LogP contribution in [0, 0.1) is 5.92 Å². The third-order valence-electron chi connectivity index (χ3n) is 5.17. The van der Waals surface area contributed by atoms with Crippen molar-refractivity contribution in [3.63, 3.8) is 0 Å². The molecular formula is C19H15NO4. The van der Waals surface area contributed by atoms with Gasteiger partial charge in [0.25, 0.3) is 0 Å². The lowest BCUT2D eigenvalue weighted by Gasteiger charge is -2.30. The standard InChI is InChI=1S/C19H15NO4/c1-22-18(21)19-13-10-6-5-9-12(13)16(23-19)14-15(20-24-17(14)19)11-7-3-2-4-8-11/h2-10,14,16-17H,1H3/t14-,16-,17-,19+/m1/s1. The maximum absolute atomic E-state index is 12.7. The van der Waals surface area contributed by atoms with E-state index in [1.807, 2.05) is 54.6 Å². The second-order valence-electron chi connectivity index (χ2n) is 6.25. The Balaban J connectivity index is 1.67. The van der Waals surface area contributed by atoms with Crippen molar-refractivity contribution in [1.82, 2.24) is 0 Å². The zero-order valence-corrected chi connectivity index (χ0v) is 13.0. The first-order chi connectivity index (χ1) is 11.8. The van der Waals surface area contributed by atoms with Gasteiger partial charge in [0.15, 0.2) is 6.10 Å². The average Bonchev–Trinajstić information content (AvgIpc) is 3.31. The Hall–Kier alpha value is -2.66. The summed E-state index contributed by atoms with van der Waals surface area (Å²) in [4.78, 5) is 18.4. The smallest absolute Gasteiger partial charge is 0.347 e. The molecule has 3 heterocycles. The molecule has 2 aromatic rings. The summed E-state index contributed by atoms with van der Waals surface area (Å²) in [6.07, 6.45) is -0.758. The molecule has 0 aliphatic carbocycles. The number of hydrogen-bond acceptors (Lipinski definition) is 5. The van der Waals surface area contributed by atoms with Gasteiger partial charge in [-0.3, -0.25) is 0 Å². The Morgan fingerprint density at radius 3 is 2.67 bits per heavy atom. The van der Waals surface area contributed by atoms with E-state index >= 15 is 0 Å². The summed E-state index contributed by atoms with van der Waals surface area (Å²) in [6.45, 7) is 0. The Labute approximate surface area is 138 Å². The molecule has 4 atom stereocenters. The highest BCUT2D eigenvalue weighted by molar-refractivity contribution is 6.05. The van der Waals surface area contributed by atoms with Crippen LogP contribution in [-0.4, -0.2) is 24.9 Å². The van der Waals surface area contributed by atoms with E-state index in [1.165, 1.54) is 7.11 Å². The van der Waals surface area contributed by atoms with E-state index in [0.29, 0.717) is 0 Å². The van der Waals surface area contributed by atoms with Crippen molar-refractivity contribution in [2.45, 2.75) is 17.8 Å². The molecule has 3 aliphatic rings. The Morgan fingerprint density at radius 2 is 1.88 bits per heavy atom. The normalized spacial score (nSPS) is 31.9. The fourth-order valence-electron chi connectivity index (χ4n) is 4.19. The number of methoxy groups -OCH3 is 1. The van der Waals surface area contributed by atoms with E-state index in [-0.39, 0.29) is 12.0 Å². The first-order valence-corrected chi connectivity index (χ1v) is 7.92. The maximum atomic E-state index is 12.7. The van der Waals surface area contributed by atoms with E-state index in [9.17, 15) is 4.79 Å². The Bertz CT molecular complexity index is 863. The largest absolute Gasteiger partial charge is 0.467 e. The lowest BCUT2D eigenvalue weighted by molar-refractivity contribution is -0.178. The zero-order valence-electron chi connectivity index (χ0n) is 13.0. The van der Waals surface area contributed by atoms with E-state index in [1.54, 1.807) is 0 Å². The number of oxime groups is 1. The number of hydrogen-bond donors (Lipinski definition) is 0. The summed E-state index contributed by atoms with van der Waals surface area (Å²) in [5.41, 5.74) is 2.41. The minimum absolute atomic E-state index is 0.124. The molecule has 1 fully saturated rings. The monoisotopic (exact) mass is 321 g/mol. The van der Waals surface area contributed by atoms with Crippen molar-refractivity contribution >= 4 is 11.7 Å². The van der Waals surface area contributed by atoms with Crippen molar-refractivity contribution in [1.29, 1.82) is 0 Å². The van der Waals surface area contributed by atoms with Crippen LogP contribution in [0.5, 0.6) is 0 Å².